The fraction of sp³-hybridized carbons (Fsp3) is 0.500. The van der Waals surface area contributed by atoms with Crippen LogP contribution in [-0.2, 0) is 0 Å². The Morgan fingerprint density at radius 1 is 1.40 bits per heavy atom. The number of nitrogens with two attached hydrogens (primary N) is 1. The Hall–Kier alpha value is -1.22. The van der Waals surface area contributed by atoms with Gasteiger partial charge in [-0.15, -0.1) is 0 Å². The molecule has 0 aliphatic heterocycles. The van der Waals surface area contributed by atoms with Crippen molar-refractivity contribution in [3.8, 4) is 11.5 Å². The van der Waals surface area contributed by atoms with Crippen molar-refractivity contribution in [3.05, 3.63) is 23.8 Å². The summed E-state index contributed by atoms with van der Waals surface area (Å²) < 4.78 is 5.48. The number of hydrogen-bond acceptors (Lipinski definition) is 3. The number of benzene rings is 1. The summed E-state index contributed by atoms with van der Waals surface area (Å²) in [6, 6.07) is 5.08. The van der Waals surface area contributed by atoms with E-state index in [0.29, 0.717) is 6.61 Å². The second kappa shape index (κ2) is 5.61. The quantitative estimate of drug-likeness (QED) is 0.783. The van der Waals surface area contributed by atoms with E-state index in [4.69, 9.17) is 10.5 Å². The van der Waals surface area contributed by atoms with Crippen LogP contribution >= 0.6 is 0 Å². The highest BCUT2D eigenvalue weighted by atomic mass is 16.5. The summed E-state index contributed by atoms with van der Waals surface area (Å²) in [5, 5.41) is 9.63. The van der Waals surface area contributed by atoms with Crippen LogP contribution in [0.15, 0.2) is 18.2 Å². The van der Waals surface area contributed by atoms with Gasteiger partial charge in [-0.25, -0.2) is 0 Å². The summed E-state index contributed by atoms with van der Waals surface area (Å²) in [7, 11) is 0. The van der Waals surface area contributed by atoms with Gasteiger partial charge in [0.05, 0.1) is 6.61 Å². The molecule has 3 heteroatoms. The molecule has 1 unspecified atom stereocenters. The zero-order valence-corrected chi connectivity index (χ0v) is 9.36. The maximum absolute atomic E-state index is 9.63. The Labute approximate surface area is 90.9 Å². The number of ether oxygens (including phenoxy) is 1. The monoisotopic (exact) mass is 209 g/mol. The van der Waals surface area contributed by atoms with Crippen LogP contribution in [0, 0.1) is 0 Å². The van der Waals surface area contributed by atoms with Crippen LogP contribution in [-0.4, -0.2) is 11.7 Å². The third-order valence-electron chi connectivity index (χ3n) is 2.31. The maximum Gasteiger partial charge on any atom is 0.120 e. The Bertz CT molecular complexity index is 312. The van der Waals surface area contributed by atoms with E-state index in [-0.39, 0.29) is 11.8 Å². The number of phenols is 1. The number of hydrogen-bond donors (Lipinski definition) is 2. The third-order valence-corrected chi connectivity index (χ3v) is 2.31. The van der Waals surface area contributed by atoms with E-state index >= 15 is 0 Å². The molecule has 0 aliphatic rings. The molecule has 0 aliphatic carbocycles. The average Bonchev–Trinajstić information content (AvgIpc) is 2.27. The van der Waals surface area contributed by atoms with Gasteiger partial charge < -0.3 is 15.6 Å². The number of aromatic hydroxyl groups is 1. The minimum Gasteiger partial charge on any atom is -0.508 e. The Balaban J connectivity index is 2.84. The second-order valence-corrected chi connectivity index (χ2v) is 3.58. The van der Waals surface area contributed by atoms with Gasteiger partial charge in [-0.2, -0.15) is 0 Å². The summed E-state index contributed by atoms with van der Waals surface area (Å²) in [4.78, 5) is 0. The topological polar surface area (TPSA) is 55.5 Å². The van der Waals surface area contributed by atoms with E-state index in [2.05, 4.69) is 6.92 Å². The van der Waals surface area contributed by atoms with Crippen LogP contribution in [0.25, 0.3) is 0 Å². The molecule has 1 rings (SSSR count). The molecule has 3 nitrogen and oxygen atoms in total. The van der Waals surface area contributed by atoms with Crippen molar-refractivity contribution in [2.24, 2.45) is 5.73 Å². The summed E-state index contributed by atoms with van der Waals surface area (Å²) in [5.74, 6) is 1.02. The standard InChI is InChI=1S/C12H19NO2/c1-3-7-15-9-5-6-12(14)10(8-9)11(13)4-2/h5-6,8,11,14H,3-4,7,13H2,1-2H3. The van der Waals surface area contributed by atoms with Gasteiger partial charge >= 0.3 is 0 Å². The molecule has 1 aromatic carbocycles. The molecule has 0 bridgehead atoms. The summed E-state index contributed by atoms with van der Waals surface area (Å²) in [6.45, 7) is 4.73. The molecule has 1 aromatic rings. The molecule has 0 spiro atoms. The SMILES string of the molecule is CCCOc1ccc(O)c(C(N)CC)c1. The predicted molar refractivity (Wildman–Crippen MR) is 61.1 cm³/mol. The van der Waals surface area contributed by atoms with E-state index < -0.39 is 0 Å². The second-order valence-electron chi connectivity index (χ2n) is 3.58. The molecular formula is C12H19NO2. The lowest BCUT2D eigenvalue weighted by atomic mass is 10.0. The van der Waals surface area contributed by atoms with Gasteiger partial charge in [-0.1, -0.05) is 13.8 Å². The zero-order chi connectivity index (χ0) is 11.3. The van der Waals surface area contributed by atoms with Crippen LogP contribution in [0.5, 0.6) is 11.5 Å². The normalized spacial score (nSPS) is 12.5. The van der Waals surface area contributed by atoms with Crippen molar-refractivity contribution in [1.82, 2.24) is 0 Å². The van der Waals surface area contributed by atoms with Gasteiger partial charge in [-0.05, 0) is 31.0 Å². The average molecular weight is 209 g/mol. The molecule has 0 fully saturated rings. The molecule has 1 atom stereocenters. The van der Waals surface area contributed by atoms with Crippen molar-refractivity contribution >= 4 is 0 Å². The highest BCUT2D eigenvalue weighted by molar-refractivity contribution is 5.41. The molecule has 0 amide bonds. The minimum atomic E-state index is -0.129. The van der Waals surface area contributed by atoms with E-state index in [1.54, 1.807) is 12.1 Å². The molecular weight excluding hydrogens is 190 g/mol. The van der Waals surface area contributed by atoms with Gasteiger partial charge in [0.25, 0.3) is 0 Å². The molecule has 0 heterocycles. The van der Waals surface area contributed by atoms with E-state index in [0.717, 1.165) is 24.2 Å². The number of rotatable bonds is 5. The van der Waals surface area contributed by atoms with Crippen molar-refractivity contribution < 1.29 is 9.84 Å². The smallest absolute Gasteiger partial charge is 0.120 e. The lowest BCUT2D eigenvalue weighted by Crippen LogP contribution is -2.09. The minimum absolute atomic E-state index is 0.129. The van der Waals surface area contributed by atoms with Crippen LogP contribution in [0.3, 0.4) is 0 Å². The Kier molecular flexibility index (Phi) is 4.43. The first-order valence-electron chi connectivity index (χ1n) is 5.40. The largest absolute Gasteiger partial charge is 0.508 e. The van der Waals surface area contributed by atoms with Gasteiger partial charge in [-0.3, -0.25) is 0 Å². The van der Waals surface area contributed by atoms with Crippen molar-refractivity contribution in [2.45, 2.75) is 32.7 Å². The molecule has 3 N–H and O–H groups in total. The summed E-state index contributed by atoms with van der Waals surface area (Å²) in [5.41, 5.74) is 6.63. The fourth-order valence-electron chi connectivity index (χ4n) is 1.36. The van der Waals surface area contributed by atoms with Gasteiger partial charge in [0.1, 0.15) is 11.5 Å². The first kappa shape index (κ1) is 11.9. The van der Waals surface area contributed by atoms with Crippen molar-refractivity contribution in [2.75, 3.05) is 6.61 Å². The van der Waals surface area contributed by atoms with Gasteiger partial charge in [0, 0.05) is 11.6 Å². The molecule has 15 heavy (non-hydrogen) atoms. The van der Waals surface area contributed by atoms with Crippen molar-refractivity contribution in [3.63, 3.8) is 0 Å². The molecule has 0 saturated carbocycles. The maximum atomic E-state index is 9.63. The first-order chi connectivity index (χ1) is 7.19. The predicted octanol–water partition coefficient (Wildman–Crippen LogP) is 2.59. The Morgan fingerprint density at radius 2 is 2.13 bits per heavy atom. The van der Waals surface area contributed by atoms with Crippen LogP contribution < -0.4 is 10.5 Å². The van der Waals surface area contributed by atoms with Gasteiger partial charge in [0.2, 0.25) is 0 Å². The molecule has 84 valence electrons. The number of phenolic OH excluding ortho intramolecular Hbond substituents is 1. The fourth-order valence-corrected chi connectivity index (χ4v) is 1.36. The summed E-state index contributed by atoms with van der Waals surface area (Å²) in [6.07, 6.45) is 1.76. The van der Waals surface area contributed by atoms with Gasteiger partial charge in [0.15, 0.2) is 0 Å². The van der Waals surface area contributed by atoms with Crippen LogP contribution in [0.2, 0.25) is 0 Å². The van der Waals surface area contributed by atoms with Crippen LogP contribution in [0.4, 0.5) is 0 Å². The van der Waals surface area contributed by atoms with E-state index in [1.165, 1.54) is 0 Å². The lowest BCUT2D eigenvalue weighted by molar-refractivity contribution is 0.316. The van der Waals surface area contributed by atoms with Crippen molar-refractivity contribution in [1.29, 1.82) is 0 Å². The van der Waals surface area contributed by atoms with E-state index in [9.17, 15) is 5.11 Å². The van der Waals surface area contributed by atoms with Crippen LogP contribution in [0.1, 0.15) is 38.3 Å². The zero-order valence-electron chi connectivity index (χ0n) is 9.36. The summed E-state index contributed by atoms with van der Waals surface area (Å²) >= 11 is 0. The molecule has 0 radical (unpaired) electrons. The highest BCUT2D eigenvalue weighted by Gasteiger charge is 2.10. The lowest BCUT2D eigenvalue weighted by Gasteiger charge is -2.13. The first-order valence-corrected chi connectivity index (χ1v) is 5.40. The Morgan fingerprint density at radius 3 is 2.73 bits per heavy atom. The van der Waals surface area contributed by atoms with E-state index in [1.807, 2.05) is 13.0 Å². The third kappa shape index (κ3) is 3.13. The molecule has 0 saturated heterocycles. The highest BCUT2D eigenvalue weighted by Crippen LogP contribution is 2.28. The molecule has 0 aromatic heterocycles.